The predicted octanol–water partition coefficient (Wildman–Crippen LogP) is 3.13. The van der Waals surface area contributed by atoms with Crippen LogP contribution < -0.4 is 10.6 Å². The number of hydrogen-bond acceptors (Lipinski definition) is 2. The van der Waals surface area contributed by atoms with Crippen molar-refractivity contribution >= 4 is 17.6 Å². The van der Waals surface area contributed by atoms with E-state index in [2.05, 4.69) is 34.4 Å². The molecule has 2 N–H and O–H groups in total. The first-order valence-corrected chi connectivity index (χ1v) is 9.04. The minimum Gasteiger partial charge on any atom is -0.357 e. The van der Waals surface area contributed by atoms with Crippen LogP contribution in [0.15, 0.2) is 29.3 Å². The summed E-state index contributed by atoms with van der Waals surface area (Å²) in [6.07, 6.45) is 2.70. The second kappa shape index (κ2) is 9.78. The summed E-state index contributed by atoms with van der Waals surface area (Å²) in [6, 6.07) is 7.87. The van der Waals surface area contributed by atoms with E-state index >= 15 is 0 Å². The molecule has 1 aromatic carbocycles. The van der Waals surface area contributed by atoms with Gasteiger partial charge in [-0.2, -0.15) is 0 Å². The Morgan fingerprint density at radius 1 is 1.26 bits per heavy atom. The van der Waals surface area contributed by atoms with Gasteiger partial charge in [0, 0.05) is 24.7 Å². The highest BCUT2D eigenvalue weighted by atomic mass is 35.5. The Morgan fingerprint density at radius 3 is 2.70 bits per heavy atom. The highest BCUT2D eigenvalue weighted by Gasteiger charge is 2.14. The van der Waals surface area contributed by atoms with Crippen LogP contribution in [0.1, 0.15) is 32.3 Å². The number of aliphatic imine (C=N–C) groups is 1. The van der Waals surface area contributed by atoms with Crippen LogP contribution in [-0.2, 0) is 6.54 Å². The maximum Gasteiger partial charge on any atom is 0.191 e. The van der Waals surface area contributed by atoms with Crippen molar-refractivity contribution < 1.29 is 0 Å². The Kier molecular flexibility index (Phi) is 7.69. The molecule has 0 bridgehead atoms. The number of rotatable bonds is 7. The van der Waals surface area contributed by atoms with Gasteiger partial charge in [0.2, 0.25) is 0 Å². The first-order valence-electron chi connectivity index (χ1n) is 8.67. The van der Waals surface area contributed by atoms with Crippen LogP contribution in [-0.4, -0.2) is 43.6 Å². The monoisotopic (exact) mass is 336 g/mol. The predicted molar refractivity (Wildman–Crippen MR) is 99.1 cm³/mol. The Hall–Kier alpha value is -1.26. The van der Waals surface area contributed by atoms with E-state index in [4.69, 9.17) is 11.6 Å². The number of halogens is 1. The minimum absolute atomic E-state index is 0.593. The molecule has 2 rings (SSSR count). The lowest BCUT2D eigenvalue weighted by Crippen LogP contribution is -2.41. The Morgan fingerprint density at radius 2 is 2.00 bits per heavy atom. The Balaban J connectivity index is 1.82. The van der Waals surface area contributed by atoms with Crippen LogP contribution in [0.2, 0.25) is 5.02 Å². The van der Waals surface area contributed by atoms with E-state index in [-0.39, 0.29) is 0 Å². The average Bonchev–Trinajstić information content (AvgIpc) is 3.04. The molecule has 1 fully saturated rings. The molecule has 1 unspecified atom stereocenters. The second-order valence-corrected chi connectivity index (χ2v) is 6.69. The van der Waals surface area contributed by atoms with E-state index in [1.807, 2.05) is 24.3 Å². The van der Waals surface area contributed by atoms with Gasteiger partial charge < -0.3 is 15.5 Å². The summed E-state index contributed by atoms with van der Waals surface area (Å²) >= 11 is 6.19. The van der Waals surface area contributed by atoms with Gasteiger partial charge in [0.15, 0.2) is 5.96 Å². The maximum absolute atomic E-state index is 6.19. The van der Waals surface area contributed by atoms with Gasteiger partial charge in [-0.1, -0.05) is 36.7 Å². The standard InChI is InChI=1S/C18H29ClN4/c1-3-20-18(22-13-16-8-4-5-9-17(16)19)21-12-15(2)14-23-10-6-7-11-23/h4-5,8-9,15H,3,6-7,10-14H2,1-2H3,(H2,20,21,22). The average molecular weight is 337 g/mol. The number of nitrogens with zero attached hydrogens (tertiary/aromatic N) is 2. The fraction of sp³-hybridized carbons (Fsp3) is 0.611. The first-order chi connectivity index (χ1) is 11.2. The minimum atomic E-state index is 0.593. The van der Waals surface area contributed by atoms with Crippen molar-refractivity contribution in [2.24, 2.45) is 10.9 Å². The largest absolute Gasteiger partial charge is 0.357 e. The maximum atomic E-state index is 6.19. The molecule has 23 heavy (non-hydrogen) atoms. The summed E-state index contributed by atoms with van der Waals surface area (Å²) in [7, 11) is 0. The molecule has 1 aliphatic rings. The normalized spacial score (nSPS) is 17.3. The van der Waals surface area contributed by atoms with Gasteiger partial charge in [0.25, 0.3) is 0 Å². The van der Waals surface area contributed by atoms with Crippen molar-refractivity contribution in [1.29, 1.82) is 0 Å². The molecule has 1 heterocycles. The van der Waals surface area contributed by atoms with Crippen LogP contribution in [0, 0.1) is 5.92 Å². The molecule has 0 saturated carbocycles. The molecule has 1 saturated heterocycles. The molecule has 1 atom stereocenters. The van der Waals surface area contributed by atoms with E-state index in [1.165, 1.54) is 25.9 Å². The number of guanidine groups is 1. The van der Waals surface area contributed by atoms with Crippen LogP contribution >= 0.6 is 11.6 Å². The van der Waals surface area contributed by atoms with Gasteiger partial charge in [-0.05, 0) is 50.4 Å². The van der Waals surface area contributed by atoms with Gasteiger partial charge in [0.1, 0.15) is 0 Å². The zero-order valence-electron chi connectivity index (χ0n) is 14.3. The lowest BCUT2D eigenvalue weighted by Gasteiger charge is -2.21. The highest BCUT2D eigenvalue weighted by Crippen LogP contribution is 2.15. The third-order valence-electron chi connectivity index (χ3n) is 4.10. The van der Waals surface area contributed by atoms with Crippen molar-refractivity contribution in [2.45, 2.75) is 33.2 Å². The zero-order chi connectivity index (χ0) is 16.5. The van der Waals surface area contributed by atoms with E-state index in [9.17, 15) is 0 Å². The molecule has 1 aromatic rings. The van der Waals surface area contributed by atoms with E-state index < -0.39 is 0 Å². The summed E-state index contributed by atoms with van der Waals surface area (Å²) in [6.45, 7) is 10.4. The zero-order valence-corrected chi connectivity index (χ0v) is 15.1. The van der Waals surface area contributed by atoms with Crippen molar-refractivity contribution in [3.05, 3.63) is 34.9 Å². The van der Waals surface area contributed by atoms with E-state index in [1.54, 1.807) is 0 Å². The Labute approximate surface area is 145 Å². The van der Waals surface area contributed by atoms with Gasteiger partial charge in [-0.25, -0.2) is 4.99 Å². The van der Waals surface area contributed by atoms with Crippen LogP contribution in [0.4, 0.5) is 0 Å². The summed E-state index contributed by atoms with van der Waals surface area (Å²) < 4.78 is 0. The fourth-order valence-corrected chi connectivity index (χ4v) is 3.07. The summed E-state index contributed by atoms with van der Waals surface area (Å²) in [5.41, 5.74) is 1.05. The Bertz CT molecular complexity index is 498. The molecule has 1 aliphatic heterocycles. The molecule has 4 nitrogen and oxygen atoms in total. The van der Waals surface area contributed by atoms with Crippen molar-refractivity contribution in [3.63, 3.8) is 0 Å². The number of hydrogen-bond donors (Lipinski definition) is 2. The first kappa shape index (κ1) is 18.1. The van der Waals surface area contributed by atoms with Gasteiger partial charge in [0.05, 0.1) is 6.54 Å². The summed E-state index contributed by atoms with van der Waals surface area (Å²) in [5.74, 6) is 1.47. The third kappa shape index (κ3) is 6.40. The second-order valence-electron chi connectivity index (χ2n) is 6.28. The number of likely N-dealkylation sites (tertiary alicyclic amines) is 1. The topological polar surface area (TPSA) is 39.7 Å². The summed E-state index contributed by atoms with van der Waals surface area (Å²) in [4.78, 5) is 7.20. The molecule has 0 radical (unpaired) electrons. The van der Waals surface area contributed by atoms with Gasteiger partial charge in [-0.15, -0.1) is 0 Å². The lowest BCUT2D eigenvalue weighted by molar-refractivity contribution is 0.287. The van der Waals surface area contributed by atoms with Crippen LogP contribution in [0.25, 0.3) is 0 Å². The fourth-order valence-electron chi connectivity index (χ4n) is 2.87. The van der Waals surface area contributed by atoms with E-state index in [0.717, 1.165) is 36.2 Å². The molecule has 0 aliphatic carbocycles. The van der Waals surface area contributed by atoms with Gasteiger partial charge >= 0.3 is 0 Å². The molecule has 128 valence electrons. The lowest BCUT2D eigenvalue weighted by atomic mass is 10.1. The SMILES string of the molecule is CCNC(=NCc1ccccc1Cl)NCC(C)CN1CCCC1. The van der Waals surface area contributed by atoms with Crippen molar-refractivity contribution in [2.75, 3.05) is 32.7 Å². The quantitative estimate of drug-likeness (QED) is 0.593. The molecule has 0 spiro atoms. The summed E-state index contributed by atoms with van der Waals surface area (Å²) in [5, 5.41) is 7.53. The molecule has 5 heteroatoms. The van der Waals surface area contributed by atoms with Gasteiger partial charge in [-0.3, -0.25) is 0 Å². The smallest absolute Gasteiger partial charge is 0.191 e. The highest BCUT2D eigenvalue weighted by molar-refractivity contribution is 6.31. The molecule has 0 aromatic heterocycles. The number of benzene rings is 1. The van der Waals surface area contributed by atoms with Crippen molar-refractivity contribution in [1.82, 2.24) is 15.5 Å². The third-order valence-corrected chi connectivity index (χ3v) is 4.46. The van der Waals surface area contributed by atoms with Crippen LogP contribution in [0.3, 0.4) is 0 Å². The van der Waals surface area contributed by atoms with E-state index in [0.29, 0.717) is 12.5 Å². The molecular formula is C18H29ClN4. The number of nitrogens with one attached hydrogen (secondary N) is 2. The van der Waals surface area contributed by atoms with Crippen molar-refractivity contribution in [3.8, 4) is 0 Å². The van der Waals surface area contributed by atoms with Crippen LogP contribution in [0.5, 0.6) is 0 Å². The molecular weight excluding hydrogens is 308 g/mol. The molecule has 0 amide bonds.